The van der Waals surface area contributed by atoms with Gasteiger partial charge in [0.2, 0.25) is 0 Å². The topological polar surface area (TPSA) is 83.8 Å². The summed E-state index contributed by atoms with van der Waals surface area (Å²) in [5.74, 6) is -0.314. The summed E-state index contributed by atoms with van der Waals surface area (Å²) in [5.41, 5.74) is 7.94. The number of aryl methyl sites for hydroxylation is 1. The average Bonchev–Trinajstić information content (AvgIpc) is 2.70. The zero-order valence-corrected chi connectivity index (χ0v) is 10.7. The summed E-state index contributed by atoms with van der Waals surface area (Å²) in [5, 5.41) is 9.02. The Labute approximate surface area is 107 Å². The van der Waals surface area contributed by atoms with E-state index in [9.17, 15) is 4.79 Å². The van der Waals surface area contributed by atoms with Crippen molar-refractivity contribution in [3.05, 3.63) is 40.1 Å². The van der Waals surface area contributed by atoms with Gasteiger partial charge >= 0.3 is 0 Å². The smallest absolute Gasteiger partial charge is 0.275 e. The summed E-state index contributed by atoms with van der Waals surface area (Å²) in [6.07, 6.45) is 1.40. The minimum atomic E-state index is -0.314. The molecule has 0 bridgehead atoms. The monoisotopic (exact) mass is 294 g/mol. The van der Waals surface area contributed by atoms with Crippen LogP contribution in [0.3, 0.4) is 0 Å². The first-order valence-electron chi connectivity index (χ1n) is 4.94. The molecular weight excluding hydrogens is 284 g/mol. The quantitative estimate of drug-likeness (QED) is 0.795. The third-order valence-electron chi connectivity index (χ3n) is 2.27. The van der Waals surface area contributed by atoms with E-state index >= 15 is 0 Å². The van der Waals surface area contributed by atoms with Gasteiger partial charge in [-0.05, 0) is 40.5 Å². The molecule has 0 unspecified atom stereocenters. The Morgan fingerprint density at radius 2 is 2.29 bits per heavy atom. The van der Waals surface area contributed by atoms with Gasteiger partial charge in [0.25, 0.3) is 5.91 Å². The van der Waals surface area contributed by atoms with Gasteiger partial charge < -0.3 is 11.1 Å². The van der Waals surface area contributed by atoms with Crippen LogP contribution >= 0.6 is 15.9 Å². The summed E-state index contributed by atoms with van der Waals surface area (Å²) in [7, 11) is 0. The van der Waals surface area contributed by atoms with Crippen LogP contribution in [0.2, 0.25) is 0 Å². The van der Waals surface area contributed by atoms with E-state index in [1.807, 2.05) is 25.1 Å². The SMILES string of the molecule is Cc1ccc(Br)c(NC(=O)c2[nH]ncc2N)c1. The number of amides is 1. The van der Waals surface area contributed by atoms with Crippen molar-refractivity contribution in [3.63, 3.8) is 0 Å². The molecule has 17 heavy (non-hydrogen) atoms. The lowest BCUT2D eigenvalue weighted by atomic mass is 10.2. The number of halogens is 1. The fraction of sp³-hybridized carbons (Fsp3) is 0.0909. The number of carbonyl (C=O) groups is 1. The number of benzene rings is 1. The first-order chi connectivity index (χ1) is 8.08. The maximum Gasteiger partial charge on any atom is 0.275 e. The fourth-order valence-electron chi connectivity index (χ4n) is 1.40. The predicted octanol–water partition coefficient (Wildman–Crippen LogP) is 2.32. The van der Waals surface area contributed by atoms with Crippen LogP contribution in [0.1, 0.15) is 16.1 Å². The van der Waals surface area contributed by atoms with Crippen molar-refractivity contribution in [2.45, 2.75) is 6.92 Å². The van der Waals surface area contributed by atoms with E-state index < -0.39 is 0 Å². The van der Waals surface area contributed by atoms with Crippen LogP contribution in [-0.4, -0.2) is 16.1 Å². The van der Waals surface area contributed by atoms with Gasteiger partial charge in [-0.1, -0.05) is 6.07 Å². The van der Waals surface area contributed by atoms with Crippen LogP contribution < -0.4 is 11.1 Å². The summed E-state index contributed by atoms with van der Waals surface area (Å²) in [6, 6.07) is 5.69. The highest BCUT2D eigenvalue weighted by Crippen LogP contribution is 2.24. The molecule has 0 aliphatic heterocycles. The van der Waals surface area contributed by atoms with Gasteiger partial charge in [0.15, 0.2) is 0 Å². The molecular formula is C11H11BrN4O. The van der Waals surface area contributed by atoms with E-state index in [1.165, 1.54) is 6.20 Å². The molecule has 0 spiro atoms. The molecule has 0 radical (unpaired) electrons. The Bertz CT molecular complexity index is 564. The van der Waals surface area contributed by atoms with Crippen LogP contribution in [0, 0.1) is 6.92 Å². The molecule has 0 atom stereocenters. The number of rotatable bonds is 2. The van der Waals surface area contributed by atoms with E-state index in [1.54, 1.807) is 0 Å². The Hall–Kier alpha value is -1.82. The Morgan fingerprint density at radius 1 is 1.53 bits per heavy atom. The summed E-state index contributed by atoms with van der Waals surface area (Å²) < 4.78 is 0.814. The van der Waals surface area contributed by atoms with Crippen molar-refractivity contribution in [3.8, 4) is 0 Å². The van der Waals surface area contributed by atoms with Gasteiger partial charge in [-0.25, -0.2) is 0 Å². The van der Waals surface area contributed by atoms with Gasteiger partial charge in [-0.2, -0.15) is 5.10 Å². The van der Waals surface area contributed by atoms with Crippen LogP contribution in [0.15, 0.2) is 28.9 Å². The number of nitrogens with one attached hydrogen (secondary N) is 2. The zero-order chi connectivity index (χ0) is 12.4. The second-order valence-corrected chi connectivity index (χ2v) is 4.49. The molecule has 2 rings (SSSR count). The number of hydrogen-bond donors (Lipinski definition) is 3. The number of nitrogen functional groups attached to an aromatic ring is 1. The molecule has 88 valence electrons. The van der Waals surface area contributed by atoms with Crippen molar-refractivity contribution in [1.29, 1.82) is 0 Å². The van der Waals surface area contributed by atoms with Crippen molar-refractivity contribution >= 4 is 33.2 Å². The number of carbonyl (C=O) groups excluding carboxylic acids is 1. The van der Waals surface area contributed by atoms with Crippen LogP contribution in [0.25, 0.3) is 0 Å². The van der Waals surface area contributed by atoms with E-state index in [2.05, 4.69) is 31.4 Å². The second kappa shape index (κ2) is 4.58. The molecule has 4 N–H and O–H groups in total. The molecule has 2 aromatic rings. The Balaban J connectivity index is 2.24. The molecule has 1 heterocycles. The third kappa shape index (κ3) is 2.47. The highest BCUT2D eigenvalue weighted by molar-refractivity contribution is 9.10. The molecule has 0 aliphatic carbocycles. The van der Waals surface area contributed by atoms with Crippen LogP contribution in [0.5, 0.6) is 0 Å². The summed E-state index contributed by atoms with van der Waals surface area (Å²) >= 11 is 3.37. The van der Waals surface area contributed by atoms with E-state index in [4.69, 9.17) is 5.73 Å². The number of H-pyrrole nitrogens is 1. The maximum atomic E-state index is 11.9. The molecule has 1 amide bonds. The standard InChI is InChI=1S/C11H11BrN4O/c1-6-2-3-7(12)9(4-6)15-11(17)10-8(13)5-14-16-10/h2-5H,13H2,1H3,(H,14,16)(H,15,17). The number of hydrogen-bond acceptors (Lipinski definition) is 3. The lowest BCUT2D eigenvalue weighted by Gasteiger charge is -2.07. The minimum absolute atomic E-state index is 0.262. The lowest BCUT2D eigenvalue weighted by Crippen LogP contribution is -2.14. The minimum Gasteiger partial charge on any atom is -0.396 e. The number of aromatic nitrogens is 2. The van der Waals surface area contributed by atoms with Gasteiger partial charge in [-0.15, -0.1) is 0 Å². The first kappa shape index (κ1) is 11.7. The van der Waals surface area contributed by atoms with Gasteiger partial charge in [0.05, 0.1) is 17.6 Å². The van der Waals surface area contributed by atoms with Crippen LogP contribution in [-0.2, 0) is 0 Å². The molecule has 1 aromatic carbocycles. The predicted molar refractivity (Wildman–Crippen MR) is 69.8 cm³/mol. The number of anilines is 2. The summed E-state index contributed by atoms with van der Waals surface area (Å²) in [4.78, 5) is 11.9. The number of aromatic amines is 1. The van der Waals surface area contributed by atoms with Crippen molar-refractivity contribution in [1.82, 2.24) is 10.2 Å². The first-order valence-corrected chi connectivity index (χ1v) is 5.73. The van der Waals surface area contributed by atoms with Crippen LogP contribution in [0.4, 0.5) is 11.4 Å². The molecule has 0 fully saturated rings. The molecule has 6 heteroatoms. The molecule has 0 aliphatic rings. The average molecular weight is 295 g/mol. The second-order valence-electron chi connectivity index (χ2n) is 3.64. The fourth-order valence-corrected chi connectivity index (χ4v) is 1.74. The van der Waals surface area contributed by atoms with Crippen molar-refractivity contribution in [2.24, 2.45) is 0 Å². The molecule has 5 nitrogen and oxygen atoms in total. The van der Waals surface area contributed by atoms with Gasteiger partial charge in [0.1, 0.15) is 5.69 Å². The lowest BCUT2D eigenvalue weighted by molar-refractivity contribution is 0.102. The number of nitrogens with two attached hydrogens (primary N) is 1. The Kier molecular flexibility index (Phi) is 3.14. The zero-order valence-electron chi connectivity index (χ0n) is 9.12. The maximum absolute atomic E-state index is 11.9. The highest BCUT2D eigenvalue weighted by atomic mass is 79.9. The van der Waals surface area contributed by atoms with Crippen molar-refractivity contribution in [2.75, 3.05) is 11.1 Å². The van der Waals surface area contributed by atoms with E-state index in [0.29, 0.717) is 11.4 Å². The third-order valence-corrected chi connectivity index (χ3v) is 2.96. The van der Waals surface area contributed by atoms with Crippen molar-refractivity contribution < 1.29 is 4.79 Å². The molecule has 0 saturated heterocycles. The van der Waals surface area contributed by atoms with Gasteiger partial charge in [0, 0.05) is 4.47 Å². The Morgan fingerprint density at radius 3 is 2.94 bits per heavy atom. The molecule has 0 saturated carbocycles. The normalized spacial score (nSPS) is 10.2. The summed E-state index contributed by atoms with van der Waals surface area (Å²) in [6.45, 7) is 1.95. The van der Waals surface area contributed by atoms with Gasteiger partial charge in [-0.3, -0.25) is 9.89 Å². The molecule has 1 aromatic heterocycles. The number of nitrogens with zero attached hydrogens (tertiary/aromatic N) is 1. The highest BCUT2D eigenvalue weighted by Gasteiger charge is 2.13. The van der Waals surface area contributed by atoms with E-state index in [0.717, 1.165) is 10.0 Å². The largest absolute Gasteiger partial charge is 0.396 e. The van der Waals surface area contributed by atoms with E-state index in [-0.39, 0.29) is 11.6 Å².